The summed E-state index contributed by atoms with van der Waals surface area (Å²) >= 11 is 3.43. The first-order chi connectivity index (χ1) is 10.2. The number of nitrogens with zero attached hydrogens (tertiary/aromatic N) is 1. The van der Waals surface area contributed by atoms with Crippen LogP contribution in [0.15, 0.2) is 28.7 Å². The number of rotatable bonds is 4. The first-order valence-corrected chi connectivity index (χ1v) is 8.33. The van der Waals surface area contributed by atoms with E-state index >= 15 is 0 Å². The van der Waals surface area contributed by atoms with Crippen LogP contribution < -0.4 is 10.1 Å². The lowest BCUT2D eigenvalue weighted by Crippen LogP contribution is -2.39. The van der Waals surface area contributed by atoms with Crippen molar-refractivity contribution in [2.45, 2.75) is 19.3 Å². The quantitative estimate of drug-likeness (QED) is 0.904. The number of piperidine rings is 1. The SMILES string of the molecule is O=C1CC2(CCNCC2)CN1CCOc1cccc(Br)c1. The van der Waals surface area contributed by atoms with E-state index in [1.54, 1.807) is 0 Å². The second-order valence-electron chi connectivity index (χ2n) is 6.05. The maximum atomic E-state index is 12.2. The molecule has 0 unspecified atom stereocenters. The number of nitrogens with one attached hydrogen (secondary N) is 1. The Hall–Kier alpha value is -1.07. The van der Waals surface area contributed by atoms with Crippen LogP contribution in [-0.4, -0.2) is 43.6 Å². The fraction of sp³-hybridized carbons (Fsp3) is 0.562. The van der Waals surface area contributed by atoms with Gasteiger partial charge in [0, 0.05) is 17.4 Å². The van der Waals surface area contributed by atoms with Crippen LogP contribution in [0.25, 0.3) is 0 Å². The molecule has 1 spiro atoms. The lowest BCUT2D eigenvalue weighted by Gasteiger charge is -2.33. The van der Waals surface area contributed by atoms with Crippen molar-refractivity contribution in [3.8, 4) is 5.75 Å². The molecule has 1 aromatic rings. The lowest BCUT2D eigenvalue weighted by molar-refractivity contribution is -0.128. The van der Waals surface area contributed by atoms with Crippen LogP contribution in [-0.2, 0) is 4.79 Å². The molecule has 21 heavy (non-hydrogen) atoms. The molecule has 114 valence electrons. The van der Waals surface area contributed by atoms with E-state index in [-0.39, 0.29) is 11.3 Å². The molecule has 0 aromatic heterocycles. The Morgan fingerprint density at radius 3 is 2.90 bits per heavy atom. The van der Waals surface area contributed by atoms with Crippen LogP contribution in [0, 0.1) is 5.41 Å². The van der Waals surface area contributed by atoms with Crippen molar-refractivity contribution in [3.63, 3.8) is 0 Å². The number of benzene rings is 1. The molecule has 0 bridgehead atoms. The Balaban J connectivity index is 1.50. The molecule has 2 aliphatic rings. The van der Waals surface area contributed by atoms with Crippen LogP contribution in [0.4, 0.5) is 0 Å². The summed E-state index contributed by atoms with van der Waals surface area (Å²) in [6.45, 7) is 4.21. The second-order valence-corrected chi connectivity index (χ2v) is 6.96. The van der Waals surface area contributed by atoms with Gasteiger partial charge in [-0.05, 0) is 49.5 Å². The molecule has 0 atom stereocenters. The molecule has 1 amide bonds. The average molecular weight is 353 g/mol. The van der Waals surface area contributed by atoms with E-state index in [1.807, 2.05) is 29.2 Å². The van der Waals surface area contributed by atoms with Crippen molar-refractivity contribution < 1.29 is 9.53 Å². The summed E-state index contributed by atoms with van der Waals surface area (Å²) in [7, 11) is 0. The zero-order chi connectivity index (χ0) is 14.7. The van der Waals surface area contributed by atoms with Crippen LogP contribution in [0.1, 0.15) is 19.3 Å². The molecule has 2 fully saturated rings. The lowest BCUT2D eigenvalue weighted by atomic mass is 9.78. The summed E-state index contributed by atoms with van der Waals surface area (Å²) in [5.74, 6) is 1.13. The standard InChI is InChI=1S/C16H21BrN2O2/c17-13-2-1-3-14(10-13)21-9-8-19-12-16(11-15(19)20)4-6-18-7-5-16/h1-3,10,18H,4-9,11-12H2. The van der Waals surface area contributed by atoms with E-state index in [1.165, 1.54) is 0 Å². The summed E-state index contributed by atoms with van der Waals surface area (Å²) in [5, 5.41) is 3.38. The van der Waals surface area contributed by atoms with E-state index in [0.717, 1.165) is 42.7 Å². The molecular weight excluding hydrogens is 332 g/mol. The first kappa shape index (κ1) is 14.9. The molecule has 5 heteroatoms. The maximum Gasteiger partial charge on any atom is 0.223 e. The summed E-state index contributed by atoms with van der Waals surface area (Å²) in [6, 6.07) is 7.80. The third-order valence-electron chi connectivity index (χ3n) is 4.50. The predicted molar refractivity (Wildman–Crippen MR) is 85.4 cm³/mol. The molecule has 1 aromatic carbocycles. The minimum absolute atomic E-state index is 0.220. The third kappa shape index (κ3) is 3.58. The fourth-order valence-electron chi connectivity index (χ4n) is 3.31. The van der Waals surface area contributed by atoms with Gasteiger partial charge in [-0.1, -0.05) is 22.0 Å². The Labute approximate surface area is 134 Å². The molecular formula is C16H21BrN2O2. The zero-order valence-corrected chi connectivity index (χ0v) is 13.7. The van der Waals surface area contributed by atoms with Crippen molar-refractivity contribution in [1.82, 2.24) is 10.2 Å². The second kappa shape index (κ2) is 6.36. The number of hydrogen-bond acceptors (Lipinski definition) is 3. The summed E-state index contributed by atoms with van der Waals surface area (Å²) in [4.78, 5) is 14.2. The van der Waals surface area contributed by atoms with E-state index in [9.17, 15) is 4.79 Å². The highest BCUT2D eigenvalue weighted by molar-refractivity contribution is 9.10. The molecule has 4 nitrogen and oxygen atoms in total. The minimum Gasteiger partial charge on any atom is -0.492 e. The zero-order valence-electron chi connectivity index (χ0n) is 12.1. The van der Waals surface area contributed by atoms with Gasteiger partial charge in [-0.3, -0.25) is 4.79 Å². The van der Waals surface area contributed by atoms with Gasteiger partial charge in [-0.2, -0.15) is 0 Å². The topological polar surface area (TPSA) is 41.6 Å². The van der Waals surface area contributed by atoms with Crippen LogP contribution >= 0.6 is 15.9 Å². The van der Waals surface area contributed by atoms with Gasteiger partial charge in [0.25, 0.3) is 0 Å². The normalized spacial score (nSPS) is 21.0. The van der Waals surface area contributed by atoms with Gasteiger partial charge in [-0.15, -0.1) is 0 Å². The van der Waals surface area contributed by atoms with Gasteiger partial charge >= 0.3 is 0 Å². The van der Waals surface area contributed by atoms with Gasteiger partial charge in [0.05, 0.1) is 6.54 Å². The highest BCUT2D eigenvalue weighted by atomic mass is 79.9. The molecule has 2 aliphatic heterocycles. The number of halogens is 1. The van der Waals surface area contributed by atoms with Crippen molar-refractivity contribution in [1.29, 1.82) is 0 Å². The Bertz CT molecular complexity index is 515. The van der Waals surface area contributed by atoms with Crippen molar-refractivity contribution in [3.05, 3.63) is 28.7 Å². The Morgan fingerprint density at radius 1 is 1.33 bits per heavy atom. The van der Waals surface area contributed by atoms with Crippen molar-refractivity contribution in [2.24, 2.45) is 5.41 Å². The maximum absolute atomic E-state index is 12.2. The highest BCUT2D eigenvalue weighted by Crippen LogP contribution is 2.39. The van der Waals surface area contributed by atoms with Crippen LogP contribution in [0.3, 0.4) is 0 Å². The third-order valence-corrected chi connectivity index (χ3v) is 4.99. The van der Waals surface area contributed by atoms with Gasteiger partial charge in [0.2, 0.25) is 5.91 Å². The van der Waals surface area contributed by atoms with E-state index in [4.69, 9.17) is 4.74 Å². The number of hydrogen-bond donors (Lipinski definition) is 1. The molecule has 0 radical (unpaired) electrons. The van der Waals surface area contributed by atoms with Crippen LogP contribution in [0.2, 0.25) is 0 Å². The summed E-state index contributed by atoms with van der Waals surface area (Å²) in [5.41, 5.74) is 0.220. The minimum atomic E-state index is 0.220. The fourth-order valence-corrected chi connectivity index (χ4v) is 3.69. The van der Waals surface area contributed by atoms with Gasteiger partial charge in [-0.25, -0.2) is 0 Å². The highest BCUT2D eigenvalue weighted by Gasteiger charge is 2.43. The largest absolute Gasteiger partial charge is 0.492 e. The van der Waals surface area contributed by atoms with Gasteiger partial charge < -0.3 is 15.0 Å². The van der Waals surface area contributed by atoms with Gasteiger partial charge in [0.1, 0.15) is 12.4 Å². The predicted octanol–water partition coefficient (Wildman–Crippen LogP) is 2.43. The van der Waals surface area contributed by atoms with Crippen LogP contribution in [0.5, 0.6) is 5.75 Å². The number of likely N-dealkylation sites (tertiary alicyclic amines) is 1. The van der Waals surface area contributed by atoms with Gasteiger partial charge in [0.15, 0.2) is 0 Å². The van der Waals surface area contributed by atoms with E-state index < -0.39 is 0 Å². The molecule has 3 rings (SSSR count). The van der Waals surface area contributed by atoms with Crippen molar-refractivity contribution >= 4 is 21.8 Å². The summed E-state index contributed by atoms with van der Waals surface area (Å²) in [6.07, 6.45) is 2.94. The molecule has 2 saturated heterocycles. The Kier molecular flexibility index (Phi) is 4.50. The average Bonchev–Trinajstić information content (AvgIpc) is 2.75. The molecule has 1 N–H and O–H groups in total. The number of amides is 1. The summed E-state index contributed by atoms with van der Waals surface area (Å²) < 4.78 is 6.74. The monoisotopic (exact) mass is 352 g/mol. The molecule has 0 saturated carbocycles. The van der Waals surface area contributed by atoms with E-state index in [2.05, 4.69) is 21.2 Å². The van der Waals surface area contributed by atoms with E-state index in [0.29, 0.717) is 19.6 Å². The molecule has 2 heterocycles. The number of ether oxygens (including phenoxy) is 1. The number of carbonyl (C=O) groups is 1. The van der Waals surface area contributed by atoms with Crippen molar-refractivity contribution in [2.75, 3.05) is 32.8 Å². The smallest absolute Gasteiger partial charge is 0.223 e. The Morgan fingerprint density at radius 2 is 2.14 bits per heavy atom. The molecule has 0 aliphatic carbocycles. The first-order valence-electron chi connectivity index (χ1n) is 7.54. The number of carbonyl (C=O) groups excluding carboxylic acids is 1.